The lowest BCUT2D eigenvalue weighted by Gasteiger charge is -2.28. The molecule has 2 rings (SSSR count). The molecule has 1 saturated heterocycles. The number of hydrogen-bond donors (Lipinski definition) is 2. The number of benzene rings is 1. The minimum absolute atomic E-state index is 0.219. The van der Waals surface area contributed by atoms with Crippen molar-refractivity contribution in [1.82, 2.24) is 5.32 Å². The van der Waals surface area contributed by atoms with Crippen LogP contribution in [-0.2, 0) is 0 Å². The molecule has 0 bridgehead atoms. The molecule has 2 N–H and O–H groups in total. The second-order valence-electron chi connectivity index (χ2n) is 2.97. The van der Waals surface area contributed by atoms with E-state index in [0.717, 1.165) is 18.5 Å². The molecule has 0 amide bonds. The zero-order chi connectivity index (χ0) is 8.55. The molecule has 1 fully saturated rings. The SMILES string of the molecule is Oc1c(Cl)cccc1[C@H]1CCN1. The summed E-state index contributed by atoms with van der Waals surface area (Å²) >= 11 is 5.76. The topological polar surface area (TPSA) is 32.3 Å². The molecule has 0 aliphatic carbocycles. The van der Waals surface area contributed by atoms with E-state index in [1.807, 2.05) is 12.1 Å². The summed E-state index contributed by atoms with van der Waals surface area (Å²) in [7, 11) is 0. The summed E-state index contributed by atoms with van der Waals surface area (Å²) in [6.07, 6.45) is 1.08. The lowest BCUT2D eigenvalue weighted by atomic mass is 9.97. The maximum Gasteiger partial charge on any atom is 0.138 e. The molecule has 12 heavy (non-hydrogen) atoms. The van der Waals surface area contributed by atoms with Gasteiger partial charge in [-0.3, -0.25) is 0 Å². The molecule has 1 aromatic rings. The van der Waals surface area contributed by atoms with E-state index < -0.39 is 0 Å². The van der Waals surface area contributed by atoms with Gasteiger partial charge < -0.3 is 10.4 Å². The number of phenols is 1. The van der Waals surface area contributed by atoms with Crippen LogP contribution in [0.5, 0.6) is 5.75 Å². The molecule has 1 aliphatic heterocycles. The number of para-hydroxylation sites is 1. The van der Waals surface area contributed by atoms with Crippen LogP contribution in [-0.4, -0.2) is 11.7 Å². The van der Waals surface area contributed by atoms with Crippen molar-refractivity contribution in [3.63, 3.8) is 0 Å². The van der Waals surface area contributed by atoms with Gasteiger partial charge >= 0.3 is 0 Å². The summed E-state index contributed by atoms with van der Waals surface area (Å²) in [5, 5.41) is 13.2. The van der Waals surface area contributed by atoms with Crippen molar-refractivity contribution in [2.75, 3.05) is 6.54 Å². The number of halogens is 1. The number of nitrogens with one attached hydrogen (secondary N) is 1. The van der Waals surface area contributed by atoms with Gasteiger partial charge in [-0.15, -0.1) is 0 Å². The first-order valence-corrected chi connectivity index (χ1v) is 4.37. The minimum atomic E-state index is 0.219. The van der Waals surface area contributed by atoms with Gasteiger partial charge in [-0.05, 0) is 19.0 Å². The van der Waals surface area contributed by atoms with Crippen LogP contribution >= 0.6 is 11.6 Å². The fourth-order valence-corrected chi connectivity index (χ4v) is 1.55. The summed E-state index contributed by atoms with van der Waals surface area (Å²) in [5.41, 5.74) is 0.911. The fraction of sp³-hybridized carbons (Fsp3) is 0.333. The van der Waals surface area contributed by atoms with Crippen LogP contribution in [0.2, 0.25) is 5.02 Å². The summed E-state index contributed by atoms with van der Waals surface area (Å²) in [6.45, 7) is 1.02. The molecule has 1 aromatic carbocycles. The molecule has 64 valence electrons. The molecule has 2 nitrogen and oxygen atoms in total. The average molecular weight is 184 g/mol. The maximum absolute atomic E-state index is 9.56. The second kappa shape index (κ2) is 2.96. The lowest BCUT2D eigenvalue weighted by Crippen LogP contribution is -2.34. The largest absolute Gasteiger partial charge is 0.506 e. The van der Waals surface area contributed by atoms with Crippen molar-refractivity contribution >= 4 is 11.6 Å². The van der Waals surface area contributed by atoms with Crippen molar-refractivity contribution in [2.24, 2.45) is 0 Å². The number of rotatable bonds is 1. The van der Waals surface area contributed by atoms with Crippen LogP contribution in [0.15, 0.2) is 18.2 Å². The van der Waals surface area contributed by atoms with E-state index in [0.29, 0.717) is 11.1 Å². The van der Waals surface area contributed by atoms with Gasteiger partial charge in [0, 0.05) is 11.6 Å². The van der Waals surface area contributed by atoms with Crippen LogP contribution in [0.3, 0.4) is 0 Å². The Morgan fingerprint density at radius 1 is 1.50 bits per heavy atom. The van der Waals surface area contributed by atoms with Crippen molar-refractivity contribution in [3.05, 3.63) is 28.8 Å². The third kappa shape index (κ3) is 1.17. The highest BCUT2D eigenvalue weighted by Gasteiger charge is 2.21. The van der Waals surface area contributed by atoms with Crippen LogP contribution < -0.4 is 5.32 Å². The van der Waals surface area contributed by atoms with E-state index in [-0.39, 0.29) is 5.75 Å². The van der Waals surface area contributed by atoms with Crippen LogP contribution in [0.4, 0.5) is 0 Å². The van der Waals surface area contributed by atoms with E-state index in [4.69, 9.17) is 11.6 Å². The van der Waals surface area contributed by atoms with Crippen molar-refractivity contribution in [3.8, 4) is 5.75 Å². The maximum atomic E-state index is 9.56. The Balaban J connectivity index is 2.36. The van der Waals surface area contributed by atoms with E-state index in [1.165, 1.54) is 0 Å². The summed E-state index contributed by atoms with van der Waals surface area (Å²) < 4.78 is 0. The molecule has 3 heteroatoms. The van der Waals surface area contributed by atoms with Gasteiger partial charge in [0.05, 0.1) is 5.02 Å². The first-order chi connectivity index (χ1) is 5.79. The van der Waals surface area contributed by atoms with Crippen LogP contribution in [0.25, 0.3) is 0 Å². The Morgan fingerprint density at radius 3 is 2.83 bits per heavy atom. The summed E-state index contributed by atoms with van der Waals surface area (Å²) in [5.74, 6) is 0.219. The Kier molecular flexibility index (Phi) is 1.95. The predicted octanol–water partition coefficient (Wildman–Crippen LogP) is 2.08. The molecule has 0 aromatic heterocycles. The molecule has 1 aliphatic rings. The molecule has 0 spiro atoms. The molecule has 0 radical (unpaired) electrons. The highest BCUT2D eigenvalue weighted by molar-refractivity contribution is 6.32. The molecule has 0 saturated carbocycles. The first kappa shape index (κ1) is 7.90. The van der Waals surface area contributed by atoms with E-state index in [1.54, 1.807) is 6.07 Å². The molecule has 0 unspecified atom stereocenters. The Labute approximate surface area is 76.2 Å². The highest BCUT2D eigenvalue weighted by Crippen LogP contribution is 2.34. The standard InChI is InChI=1S/C9H10ClNO/c10-7-3-1-2-6(9(7)12)8-4-5-11-8/h1-3,8,11-12H,4-5H2/t8-/m1/s1. The summed E-state index contributed by atoms with van der Waals surface area (Å²) in [4.78, 5) is 0. The van der Waals surface area contributed by atoms with E-state index in [9.17, 15) is 5.11 Å². The smallest absolute Gasteiger partial charge is 0.138 e. The van der Waals surface area contributed by atoms with Gasteiger partial charge in [-0.2, -0.15) is 0 Å². The monoisotopic (exact) mass is 183 g/mol. The molecular formula is C9H10ClNO. The highest BCUT2D eigenvalue weighted by atomic mass is 35.5. The van der Waals surface area contributed by atoms with Crippen LogP contribution in [0, 0.1) is 0 Å². The molecule has 1 heterocycles. The zero-order valence-corrected chi connectivity index (χ0v) is 7.30. The normalized spacial score (nSPS) is 21.9. The van der Waals surface area contributed by atoms with Gasteiger partial charge in [-0.1, -0.05) is 23.7 Å². The quantitative estimate of drug-likeness (QED) is 0.699. The van der Waals surface area contributed by atoms with Gasteiger partial charge in [0.15, 0.2) is 0 Å². The summed E-state index contributed by atoms with van der Waals surface area (Å²) in [6, 6.07) is 5.75. The van der Waals surface area contributed by atoms with E-state index in [2.05, 4.69) is 5.32 Å². The lowest BCUT2D eigenvalue weighted by molar-refractivity contribution is 0.364. The number of phenolic OH excluding ortho intramolecular Hbond substituents is 1. The third-order valence-corrected chi connectivity index (χ3v) is 2.52. The third-order valence-electron chi connectivity index (χ3n) is 2.22. The molecular weight excluding hydrogens is 174 g/mol. The Morgan fingerprint density at radius 2 is 2.25 bits per heavy atom. The average Bonchev–Trinajstić information content (AvgIpc) is 1.95. The van der Waals surface area contributed by atoms with Crippen molar-refractivity contribution < 1.29 is 5.11 Å². The van der Waals surface area contributed by atoms with Crippen LogP contribution in [0.1, 0.15) is 18.0 Å². The second-order valence-corrected chi connectivity index (χ2v) is 3.38. The van der Waals surface area contributed by atoms with Gasteiger partial charge in [0.25, 0.3) is 0 Å². The number of hydrogen-bond acceptors (Lipinski definition) is 2. The first-order valence-electron chi connectivity index (χ1n) is 4.00. The Bertz CT molecular complexity index is 297. The fourth-order valence-electron chi connectivity index (χ4n) is 1.37. The van der Waals surface area contributed by atoms with Gasteiger partial charge in [0.1, 0.15) is 5.75 Å². The predicted molar refractivity (Wildman–Crippen MR) is 48.5 cm³/mol. The Hall–Kier alpha value is -0.730. The van der Waals surface area contributed by atoms with Crippen molar-refractivity contribution in [2.45, 2.75) is 12.5 Å². The minimum Gasteiger partial charge on any atom is -0.506 e. The van der Waals surface area contributed by atoms with Gasteiger partial charge in [0.2, 0.25) is 0 Å². The van der Waals surface area contributed by atoms with E-state index >= 15 is 0 Å². The van der Waals surface area contributed by atoms with Gasteiger partial charge in [-0.25, -0.2) is 0 Å². The zero-order valence-electron chi connectivity index (χ0n) is 6.55. The molecule has 1 atom stereocenters. The van der Waals surface area contributed by atoms with Crippen molar-refractivity contribution in [1.29, 1.82) is 0 Å². The number of aromatic hydroxyl groups is 1.